The van der Waals surface area contributed by atoms with Crippen LogP contribution in [0.1, 0.15) is 40.0 Å². The second kappa shape index (κ2) is 6.17. The number of imide groups is 1. The molecule has 2 aliphatic heterocycles. The summed E-state index contributed by atoms with van der Waals surface area (Å²) in [6.07, 6.45) is -0.600. The molecule has 8 heteroatoms. The van der Waals surface area contributed by atoms with Crippen molar-refractivity contribution in [2.45, 2.75) is 58.5 Å². The van der Waals surface area contributed by atoms with Crippen molar-refractivity contribution in [2.75, 3.05) is 20.3 Å². The van der Waals surface area contributed by atoms with Gasteiger partial charge in [-0.3, -0.25) is 9.59 Å². The molecule has 0 aromatic heterocycles. The largest absolute Gasteiger partial charge is 0.463 e. The van der Waals surface area contributed by atoms with E-state index in [1.807, 2.05) is 0 Å². The Morgan fingerprint density at radius 2 is 1.93 bits per heavy atom. The molecule has 4 rings (SSSR count). The minimum atomic E-state index is -0.961. The number of hydrogen-bond acceptors (Lipinski definition) is 7. The van der Waals surface area contributed by atoms with Gasteiger partial charge >= 0.3 is 12.1 Å². The van der Waals surface area contributed by atoms with Gasteiger partial charge in [-0.1, -0.05) is 13.8 Å². The van der Waals surface area contributed by atoms with Crippen molar-refractivity contribution in [2.24, 2.45) is 22.7 Å². The molecule has 1 spiro atoms. The molecule has 4 aliphatic rings. The van der Waals surface area contributed by atoms with Crippen LogP contribution in [-0.4, -0.2) is 61.6 Å². The van der Waals surface area contributed by atoms with E-state index in [1.165, 1.54) is 7.11 Å². The Bertz CT molecular complexity index is 677. The van der Waals surface area contributed by atoms with Crippen molar-refractivity contribution < 1.29 is 33.3 Å². The SMILES string of the molecule is COC1C2OC(=O)N1C(=O)C13CCC(CC1OCCOC(=O)C2C)C3(C)C. The predicted molar refractivity (Wildman–Crippen MR) is 91.3 cm³/mol. The van der Waals surface area contributed by atoms with Crippen LogP contribution in [-0.2, 0) is 28.5 Å². The summed E-state index contributed by atoms with van der Waals surface area (Å²) in [5, 5.41) is 0. The van der Waals surface area contributed by atoms with Crippen molar-refractivity contribution in [3.8, 4) is 0 Å². The number of amides is 2. The maximum Gasteiger partial charge on any atom is 0.419 e. The highest BCUT2D eigenvalue weighted by Gasteiger charge is 2.71. The molecule has 27 heavy (non-hydrogen) atoms. The zero-order chi connectivity index (χ0) is 19.6. The summed E-state index contributed by atoms with van der Waals surface area (Å²) in [6, 6.07) is 0. The second-order valence-electron chi connectivity index (χ2n) is 8.63. The van der Waals surface area contributed by atoms with Gasteiger partial charge in [0.1, 0.15) is 6.61 Å². The van der Waals surface area contributed by atoms with E-state index in [4.69, 9.17) is 18.9 Å². The predicted octanol–water partition coefficient (Wildman–Crippen LogP) is 1.71. The average molecular weight is 381 g/mol. The highest BCUT2D eigenvalue weighted by atomic mass is 16.6. The van der Waals surface area contributed by atoms with Gasteiger partial charge < -0.3 is 18.9 Å². The number of nitrogens with zero attached hydrogens (tertiary/aromatic N) is 1. The van der Waals surface area contributed by atoms with Crippen LogP contribution in [0.25, 0.3) is 0 Å². The number of cyclic esters (lactones) is 1. The smallest absolute Gasteiger partial charge is 0.419 e. The van der Waals surface area contributed by atoms with Crippen LogP contribution in [0.4, 0.5) is 4.79 Å². The van der Waals surface area contributed by atoms with Gasteiger partial charge in [-0.15, -0.1) is 0 Å². The van der Waals surface area contributed by atoms with Crippen LogP contribution in [0.3, 0.4) is 0 Å². The third-order valence-corrected chi connectivity index (χ3v) is 7.43. The summed E-state index contributed by atoms with van der Waals surface area (Å²) in [5.74, 6) is -1.22. The molecule has 2 saturated carbocycles. The molecule has 2 amide bonds. The quantitative estimate of drug-likeness (QED) is 0.639. The Labute approximate surface area is 158 Å². The lowest BCUT2D eigenvalue weighted by atomic mass is 9.67. The molecule has 0 N–H and O–H groups in total. The Morgan fingerprint density at radius 3 is 2.59 bits per heavy atom. The lowest BCUT2D eigenvalue weighted by Crippen LogP contribution is -2.57. The van der Waals surface area contributed by atoms with Crippen molar-refractivity contribution in [1.82, 2.24) is 4.90 Å². The first-order valence-corrected chi connectivity index (χ1v) is 9.61. The zero-order valence-corrected chi connectivity index (χ0v) is 16.2. The lowest BCUT2D eigenvalue weighted by Gasteiger charge is -2.43. The molecule has 0 aromatic carbocycles. The van der Waals surface area contributed by atoms with E-state index in [-0.39, 0.29) is 30.6 Å². The van der Waals surface area contributed by atoms with Crippen LogP contribution in [0.15, 0.2) is 0 Å². The fourth-order valence-corrected chi connectivity index (χ4v) is 5.71. The van der Waals surface area contributed by atoms with E-state index in [0.29, 0.717) is 12.3 Å². The Morgan fingerprint density at radius 1 is 1.19 bits per heavy atom. The average Bonchev–Trinajstić information content (AvgIpc) is 3.18. The van der Waals surface area contributed by atoms with Crippen LogP contribution < -0.4 is 0 Å². The molecule has 8 nitrogen and oxygen atoms in total. The monoisotopic (exact) mass is 381 g/mol. The van der Waals surface area contributed by atoms with E-state index >= 15 is 0 Å². The van der Waals surface area contributed by atoms with Gasteiger partial charge in [0.05, 0.1) is 24.0 Å². The third-order valence-electron chi connectivity index (χ3n) is 7.43. The first-order chi connectivity index (χ1) is 12.8. The molecule has 2 saturated heterocycles. The first kappa shape index (κ1) is 18.7. The van der Waals surface area contributed by atoms with E-state index in [0.717, 1.165) is 17.7 Å². The van der Waals surface area contributed by atoms with Crippen molar-refractivity contribution in [3.05, 3.63) is 0 Å². The van der Waals surface area contributed by atoms with E-state index in [1.54, 1.807) is 6.92 Å². The summed E-state index contributed by atoms with van der Waals surface area (Å²) in [7, 11) is 1.41. The summed E-state index contributed by atoms with van der Waals surface area (Å²) in [4.78, 5) is 39.9. The molecular weight excluding hydrogens is 354 g/mol. The number of carbonyl (C=O) groups is 3. The first-order valence-electron chi connectivity index (χ1n) is 9.61. The summed E-state index contributed by atoms with van der Waals surface area (Å²) in [5.41, 5.74) is -1.12. The lowest BCUT2D eigenvalue weighted by molar-refractivity contribution is -0.173. The van der Waals surface area contributed by atoms with Gasteiger partial charge in [0.15, 0.2) is 12.3 Å². The minimum absolute atomic E-state index is 0.108. The van der Waals surface area contributed by atoms with Crippen LogP contribution >= 0.6 is 0 Å². The molecular formula is C19H27NO7. The van der Waals surface area contributed by atoms with Crippen molar-refractivity contribution in [3.63, 3.8) is 0 Å². The van der Waals surface area contributed by atoms with Gasteiger partial charge in [0.25, 0.3) is 0 Å². The minimum Gasteiger partial charge on any atom is -0.463 e. The molecule has 0 aromatic rings. The van der Waals surface area contributed by atoms with Crippen LogP contribution in [0.5, 0.6) is 0 Å². The molecule has 0 radical (unpaired) electrons. The van der Waals surface area contributed by atoms with Gasteiger partial charge in [-0.05, 0) is 37.5 Å². The molecule has 6 unspecified atom stereocenters. The van der Waals surface area contributed by atoms with Gasteiger partial charge in [0, 0.05) is 7.11 Å². The Balaban J connectivity index is 1.79. The number of ether oxygens (including phenoxy) is 4. The summed E-state index contributed by atoms with van der Waals surface area (Å²) >= 11 is 0. The van der Waals surface area contributed by atoms with Crippen LogP contribution in [0, 0.1) is 22.7 Å². The topological polar surface area (TPSA) is 91.4 Å². The van der Waals surface area contributed by atoms with E-state index in [9.17, 15) is 14.4 Å². The Hall–Kier alpha value is -1.67. The normalized spacial score (nSPS) is 43.6. The molecule has 2 heterocycles. The number of fused-ring (bicyclic) bond motifs is 3. The number of esters is 1. The van der Waals surface area contributed by atoms with Gasteiger partial charge in [-0.2, -0.15) is 0 Å². The maximum absolute atomic E-state index is 13.8. The third kappa shape index (κ3) is 2.32. The number of rotatable bonds is 1. The van der Waals surface area contributed by atoms with E-state index in [2.05, 4.69) is 13.8 Å². The highest BCUT2D eigenvalue weighted by Crippen LogP contribution is 2.67. The molecule has 2 aliphatic carbocycles. The standard InChI is InChI=1S/C19H27NO7/c1-10-13-14(24-4)20(17(23)27-13)16(22)19-6-5-11(18(19,2)3)9-12(19)25-7-8-26-15(10)21/h10-14H,5-9H2,1-4H3. The molecule has 4 bridgehead atoms. The summed E-state index contributed by atoms with van der Waals surface area (Å²) < 4.78 is 22.2. The van der Waals surface area contributed by atoms with Gasteiger partial charge in [0.2, 0.25) is 5.91 Å². The zero-order valence-electron chi connectivity index (χ0n) is 16.2. The molecule has 4 fully saturated rings. The van der Waals surface area contributed by atoms with Crippen LogP contribution in [0.2, 0.25) is 0 Å². The van der Waals surface area contributed by atoms with Crippen molar-refractivity contribution >= 4 is 18.0 Å². The number of methoxy groups -OCH3 is 1. The second-order valence-corrected chi connectivity index (χ2v) is 8.63. The highest BCUT2D eigenvalue weighted by molar-refractivity contribution is 5.98. The molecule has 150 valence electrons. The van der Waals surface area contributed by atoms with Gasteiger partial charge in [-0.25, -0.2) is 9.69 Å². The fraction of sp³-hybridized carbons (Fsp3) is 0.842. The number of hydrogen-bond donors (Lipinski definition) is 0. The summed E-state index contributed by atoms with van der Waals surface area (Å²) in [6.45, 7) is 6.12. The maximum atomic E-state index is 13.8. The van der Waals surface area contributed by atoms with Crippen molar-refractivity contribution in [1.29, 1.82) is 0 Å². The Kier molecular flexibility index (Phi) is 4.27. The number of carbonyl (C=O) groups excluding carboxylic acids is 3. The van der Waals surface area contributed by atoms with E-state index < -0.39 is 35.7 Å². The molecule has 6 atom stereocenters. The fourth-order valence-electron chi connectivity index (χ4n) is 5.71.